The standard InChI is InChI=1S/C45H74N2O5/c1-29(2)31-14-21-45(26-36(48)47-24-17-30(18-25-47)46(10)11)23-22-43(8)32(39(31)45)12-13-34-42(7)19-16-35(41(5,6)33(42)15-20-44(34,43)9)52-38(51)28-40(3,4)27-37(49)50/h30-35,39H,1,12-28H2,2-11H3,(H,49,50)/t31-,32+,33-,34+,35-,39+,42-,43+,44+,45+/m0/s1. The number of piperidine rings is 1. The Labute approximate surface area is 316 Å². The lowest BCUT2D eigenvalue weighted by atomic mass is 9.32. The van der Waals surface area contributed by atoms with Gasteiger partial charge in [0.1, 0.15) is 6.10 Å². The minimum atomic E-state index is -0.878. The SMILES string of the molecule is C=C(C)[C@@H]1CC[C@]2(CC(=O)N3CCC(N(C)C)CC3)CC[C@]3(C)[C@H](CC[C@@H]4[C@@]5(C)CC[C@H](OC(=O)CC(C)(C)CC(=O)O)C(C)(C)[C@@H]5CC[C@]43C)[C@@H]12. The van der Waals surface area contributed by atoms with Gasteiger partial charge < -0.3 is 19.6 Å². The number of aliphatic carboxylic acids is 1. The van der Waals surface area contributed by atoms with Crippen LogP contribution in [-0.2, 0) is 19.1 Å². The maximum atomic E-state index is 14.2. The number of carboxylic acid groups (broad SMARTS) is 1. The van der Waals surface area contributed by atoms with Crippen LogP contribution in [0.4, 0.5) is 0 Å². The van der Waals surface area contributed by atoms with Crippen molar-refractivity contribution in [1.29, 1.82) is 0 Å². The molecule has 0 aromatic carbocycles. The van der Waals surface area contributed by atoms with E-state index in [-0.39, 0.29) is 52.0 Å². The molecule has 0 unspecified atom stereocenters. The fraction of sp³-hybridized carbons (Fsp3) is 0.889. The lowest BCUT2D eigenvalue weighted by Crippen LogP contribution is -2.67. The van der Waals surface area contributed by atoms with Crippen molar-refractivity contribution in [2.45, 2.75) is 164 Å². The van der Waals surface area contributed by atoms with Gasteiger partial charge >= 0.3 is 11.9 Å². The minimum absolute atomic E-state index is 0.0435. The number of hydrogen-bond acceptors (Lipinski definition) is 5. The first-order valence-electron chi connectivity index (χ1n) is 21.1. The number of nitrogens with zero attached hydrogens (tertiary/aromatic N) is 2. The summed E-state index contributed by atoms with van der Waals surface area (Å²) in [4.78, 5) is 43.4. The third kappa shape index (κ3) is 6.51. The molecular weight excluding hydrogens is 649 g/mol. The van der Waals surface area contributed by atoms with Crippen LogP contribution in [0, 0.1) is 62.1 Å². The number of esters is 1. The van der Waals surface area contributed by atoms with Gasteiger partial charge in [-0.05, 0) is 155 Å². The van der Waals surface area contributed by atoms with Gasteiger partial charge in [-0.25, -0.2) is 0 Å². The van der Waals surface area contributed by atoms with Crippen LogP contribution in [-0.4, -0.2) is 72.1 Å². The van der Waals surface area contributed by atoms with Crippen molar-refractivity contribution in [3.8, 4) is 0 Å². The van der Waals surface area contributed by atoms with Gasteiger partial charge in [-0.2, -0.15) is 0 Å². The fourth-order valence-corrected chi connectivity index (χ4v) is 14.9. The number of fused-ring (bicyclic) bond motifs is 7. The Morgan fingerprint density at radius 2 is 1.50 bits per heavy atom. The summed E-state index contributed by atoms with van der Waals surface area (Å²) in [5.41, 5.74) is 1.24. The Bertz CT molecular complexity index is 1410. The molecule has 0 aromatic heterocycles. The maximum Gasteiger partial charge on any atom is 0.306 e. The van der Waals surface area contributed by atoms with E-state index < -0.39 is 11.4 Å². The molecular formula is C45H74N2O5. The highest BCUT2D eigenvalue weighted by molar-refractivity contribution is 5.77. The monoisotopic (exact) mass is 723 g/mol. The summed E-state index contributed by atoms with van der Waals surface area (Å²) < 4.78 is 6.30. The van der Waals surface area contributed by atoms with Crippen LogP contribution in [0.3, 0.4) is 0 Å². The molecule has 52 heavy (non-hydrogen) atoms. The number of rotatable bonds is 9. The van der Waals surface area contributed by atoms with Crippen LogP contribution in [0.15, 0.2) is 12.2 Å². The molecule has 6 fully saturated rings. The van der Waals surface area contributed by atoms with E-state index >= 15 is 0 Å². The molecule has 1 saturated heterocycles. The van der Waals surface area contributed by atoms with Crippen molar-refractivity contribution in [2.24, 2.45) is 62.1 Å². The number of carbonyl (C=O) groups is 3. The van der Waals surface area contributed by atoms with Crippen LogP contribution in [0.1, 0.15) is 152 Å². The van der Waals surface area contributed by atoms with E-state index in [9.17, 15) is 19.5 Å². The second-order valence-corrected chi connectivity index (χ2v) is 21.6. The molecule has 6 aliphatic rings. The van der Waals surface area contributed by atoms with Crippen molar-refractivity contribution in [3.63, 3.8) is 0 Å². The number of likely N-dealkylation sites (tertiary alicyclic amines) is 1. The van der Waals surface area contributed by atoms with Gasteiger partial charge in [0.2, 0.25) is 5.91 Å². The Hall–Kier alpha value is -1.89. The van der Waals surface area contributed by atoms with E-state index in [1.165, 1.54) is 50.5 Å². The summed E-state index contributed by atoms with van der Waals surface area (Å²) in [6, 6.07) is 0.580. The molecule has 10 atom stereocenters. The van der Waals surface area contributed by atoms with Gasteiger partial charge in [0, 0.05) is 31.0 Å². The van der Waals surface area contributed by atoms with E-state index in [0.29, 0.717) is 41.5 Å². The van der Waals surface area contributed by atoms with Crippen molar-refractivity contribution >= 4 is 17.8 Å². The Balaban J connectivity index is 1.21. The van der Waals surface area contributed by atoms with Crippen LogP contribution in [0.2, 0.25) is 0 Å². The van der Waals surface area contributed by atoms with Crippen LogP contribution >= 0.6 is 0 Å². The van der Waals surface area contributed by atoms with Gasteiger partial charge in [0.05, 0.1) is 12.8 Å². The topological polar surface area (TPSA) is 87.2 Å². The van der Waals surface area contributed by atoms with E-state index in [0.717, 1.165) is 51.6 Å². The van der Waals surface area contributed by atoms with Crippen LogP contribution in [0.5, 0.6) is 0 Å². The van der Waals surface area contributed by atoms with Crippen LogP contribution in [0.25, 0.3) is 0 Å². The molecule has 0 aromatic rings. The maximum absolute atomic E-state index is 14.2. The summed E-state index contributed by atoms with van der Waals surface area (Å²) in [6.45, 7) is 25.0. The van der Waals surface area contributed by atoms with Gasteiger partial charge in [-0.1, -0.05) is 60.6 Å². The molecule has 0 spiro atoms. The Kier molecular flexibility index (Phi) is 10.5. The number of carboxylic acids is 1. The number of carbonyl (C=O) groups excluding carboxylic acids is 2. The van der Waals surface area contributed by atoms with Crippen molar-refractivity contribution in [1.82, 2.24) is 9.80 Å². The van der Waals surface area contributed by atoms with Crippen LogP contribution < -0.4 is 0 Å². The Morgan fingerprint density at radius 3 is 2.12 bits per heavy atom. The third-order valence-corrected chi connectivity index (χ3v) is 17.8. The highest BCUT2D eigenvalue weighted by Gasteiger charge is 2.71. The van der Waals surface area contributed by atoms with Gasteiger partial charge in [-0.3, -0.25) is 14.4 Å². The highest BCUT2D eigenvalue weighted by atomic mass is 16.5. The third-order valence-electron chi connectivity index (χ3n) is 17.8. The van der Waals surface area contributed by atoms with E-state index in [2.05, 4.69) is 72.0 Å². The zero-order chi connectivity index (χ0) is 38.2. The molecule has 7 nitrogen and oxygen atoms in total. The van der Waals surface area contributed by atoms with Crippen molar-refractivity contribution < 1.29 is 24.2 Å². The largest absolute Gasteiger partial charge is 0.481 e. The average Bonchev–Trinajstić information content (AvgIpc) is 3.41. The van der Waals surface area contributed by atoms with E-state index in [4.69, 9.17) is 4.74 Å². The molecule has 1 N–H and O–H groups in total. The fourth-order valence-electron chi connectivity index (χ4n) is 14.9. The summed E-state index contributed by atoms with van der Waals surface area (Å²) >= 11 is 0. The molecule has 0 bridgehead atoms. The quantitative estimate of drug-likeness (QED) is 0.189. The van der Waals surface area contributed by atoms with Gasteiger partial charge in [0.15, 0.2) is 0 Å². The number of ether oxygens (including phenoxy) is 1. The molecule has 294 valence electrons. The molecule has 1 amide bonds. The first kappa shape index (κ1) is 39.8. The van der Waals surface area contributed by atoms with Gasteiger partial charge in [0.25, 0.3) is 0 Å². The number of amides is 1. The molecule has 5 saturated carbocycles. The Morgan fingerprint density at radius 1 is 0.827 bits per heavy atom. The van der Waals surface area contributed by atoms with Crippen molar-refractivity contribution in [3.05, 3.63) is 12.2 Å². The zero-order valence-corrected chi connectivity index (χ0v) is 34.7. The highest BCUT2D eigenvalue weighted by Crippen LogP contribution is 2.78. The minimum Gasteiger partial charge on any atom is -0.481 e. The van der Waals surface area contributed by atoms with E-state index in [1.54, 1.807) is 0 Å². The molecule has 1 heterocycles. The normalized spacial score (nSPS) is 41.7. The zero-order valence-electron chi connectivity index (χ0n) is 34.7. The second-order valence-electron chi connectivity index (χ2n) is 21.6. The average molecular weight is 723 g/mol. The molecule has 7 heteroatoms. The summed E-state index contributed by atoms with van der Waals surface area (Å²) in [7, 11) is 4.34. The molecule has 0 radical (unpaired) electrons. The lowest BCUT2D eigenvalue weighted by Gasteiger charge is -2.73. The van der Waals surface area contributed by atoms with Crippen molar-refractivity contribution in [2.75, 3.05) is 27.2 Å². The number of allylic oxidation sites excluding steroid dienone is 1. The summed E-state index contributed by atoms with van der Waals surface area (Å²) in [5.74, 6) is 2.00. The first-order chi connectivity index (χ1) is 24.1. The van der Waals surface area contributed by atoms with E-state index in [1.807, 2.05) is 13.8 Å². The molecule has 1 aliphatic heterocycles. The predicted molar refractivity (Wildman–Crippen MR) is 207 cm³/mol. The summed E-state index contributed by atoms with van der Waals surface area (Å²) in [6.07, 6.45) is 14.3. The van der Waals surface area contributed by atoms with Gasteiger partial charge in [-0.15, -0.1) is 0 Å². The molecule has 5 aliphatic carbocycles. The summed E-state index contributed by atoms with van der Waals surface area (Å²) in [5, 5.41) is 9.36. The number of hydrogen-bond donors (Lipinski definition) is 1. The predicted octanol–water partition coefficient (Wildman–Crippen LogP) is 9.39. The first-order valence-corrected chi connectivity index (χ1v) is 21.1. The second kappa shape index (κ2) is 13.7. The molecule has 6 rings (SSSR count). The lowest BCUT2D eigenvalue weighted by molar-refractivity contribution is -0.250. The smallest absolute Gasteiger partial charge is 0.306 e.